The number of nitrogens with zero attached hydrogens (tertiary/aromatic N) is 2. The van der Waals surface area contributed by atoms with Crippen LogP contribution in [0.1, 0.15) is 27.4 Å². The maximum absolute atomic E-state index is 12.5. The zero-order valence-electron chi connectivity index (χ0n) is 13.3. The molecule has 2 aromatic heterocycles. The molecule has 1 N–H and O–H groups in total. The third kappa shape index (κ3) is 3.29. The number of aromatic nitrogens is 2. The van der Waals surface area contributed by atoms with Crippen LogP contribution in [0.25, 0.3) is 11.3 Å². The molecular formula is C18H17N3O2. The van der Waals surface area contributed by atoms with Crippen molar-refractivity contribution in [1.29, 1.82) is 0 Å². The number of pyridine rings is 1. The lowest BCUT2D eigenvalue weighted by Gasteiger charge is -2.06. The molecule has 0 bridgehead atoms. The number of hydrogen-bond donors (Lipinski definition) is 1. The van der Waals surface area contributed by atoms with Crippen LogP contribution in [0.2, 0.25) is 0 Å². The van der Waals surface area contributed by atoms with Gasteiger partial charge in [0, 0.05) is 22.6 Å². The molecule has 0 radical (unpaired) electrons. The first kappa shape index (κ1) is 15.0. The summed E-state index contributed by atoms with van der Waals surface area (Å²) < 4.78 is 5.41. The van der Waals surface area contributed by atoms with E-state index in [1.54, 1.807) is 0 Å². The van der Waals surface area contributed by atoms with Crippen LogP contribution in [0.3, 0.4) is 0 Å². The highest BCUT2D eigenvalue weighted by atomic mass is 16.3. The van der Waals surface area contributed by atoms with E-state index in [2.05, 4.69) is 15.3 Å². The van der Waals surface area contributed by atoms with Crippen molar-refractivity contribution in [3.8, 4) is 11.3 Å². The Kier molecular flexibility index (Phi) is 3.93. The van der Waals surface area contributed by atoms with Crippen molar-refractivity contribution in [3.63, 3.8) is 0 Å². The molecule has 5 heteroatoms. The van der Waals surface area contributed by atoms with Gasteiger partial charge >= 0.3 is 0 Å². The number of anilines is 1. The standard InChI is InChI=1S/C18H17N3O2/c1-11-4-6-14(7-5-11)17-16(19-10-23-17)18(22)21-15-8-12(2)20-13(3)9-15/h4-10H,1-3H3,(H,20,21,22). The molecule has 0 saturated carbocycles. The molecule has 0 spiro atoms. The summed E-state index contributed by atoms with van der Waals surface area (Å²) in [6, 6.07) is 11.4. The van der Waals surface area contributed by atoms with Gasteiger partial charge in [-0.25, -0.2) is 4.98 Å². The van der Waals surface area contributed by atoms with Gasteiger partial charge in [0.05, 0.1) is 0 Å². The van der Waals surface area contributed by atoms with E-state index in [-0.39, 0.29) is 11.6 Å². The average molecular weight is 307 g/mol. The third-order valence-electron chi connectivity index (χ3n) is 3.44. The topological polar surface area (TPSA) is 68.0 Å². The number of benzene rings is 1. The summed E-state index contributed by atoms with van der Waals surface area (Å²) in [5.41, 5.74) is 4.61. The fourth-order valence-electron chi connectivity index (χ4n) is 2.41. The molecule has 0 aliphatic heterocycles. The second-order valence-electron chi connectivity index (χ2n) is 5.49. The second kappa shape index (κ2) is 6.04. The Bertz CT molecular complexity index is 831. The highest BCUT2D eigenvalue weighted by Gasteiger charge is 2.18. The van der Waals surface area contributed by atoms with Crippen LogP contribution in [0.5, 0.6) is 0 Å². The van der Waals surface area contributed by atoms with E-state index in [1.165, 1.54) is 6.39 Å². The zero-order valence-corrected chi connectivity index (χ0v) is 13.3. The van der Waals surface area contributed by atoms with Crippen LogP contribution in [-0.4, -0.2) is 15.9 Å². The second-order valence-corrected chi connectivity index (χ2v) is 5.49. The smallest absolute Gasteiger partial charge is 0.278 e. The Morgan fingerprint density at radius 3 is 2.35 bits per heavy atom. The van der Waals surface area contributed by atoms with Gasteiger partial charge < -0.3 is 9.73 Å². The molecule has 0 atom stereocenters. The number of aryl methyl sites for hydroxylation is 3. The molecule has 5 nitrogen and oxygen atoms in total. The maximum Gasteiger partial charge on any atom is 0.278 e. The first-order chi connectivity index (χ1) is 11.0. The molecule has 2 heterocycles. The molecule has 0 fully saturated rings. The minimum atomic E-state index is -0.306. The van der Waals surface area contributed by atoms with Crippen LogP contribution < -0.4 is 5.32 Å². The zero-order chi connectivity index (χ0) is 16.4. The largest absolute Gasteiger partial charge is 0.443 e. The van der Waals surface area contributed by atoms with E-state index >= 15 is 0 Å². The normalized spacial score (nSPS) is 10.6. The predicted octanol–water partition coefficient (Wildman–Crippen LogP) is 3.91. The van der Waals surface area contributed by atoms with Crippen LogP contribution in [-0.2, 0) is 0 Å². The minimum absolute atomic E-state index is 0.265. The Morgan fingerprint density at radius 1 is 1.04 bits per heavy atom. The van der Waals surface area contributed by atoms with E-state index in [9.17, 15) is 4.79 Å². The fraction of sp³-hybridized carbons (Fsp3) is 0.167. The maximum atomic E-state index is 12.5. The van der Waals surface area contributed by atoms with E-state index in [0.29, 0.717) is 11.4 Å². The van der Waals surface area contributed by atoms with Gasteiger partial charge in [-0.3, -0.25) is 9.78 Å². The van der Waals surface area contributed by atoms with Crippen molar-refractivity contribution >= 4 is 11.6 Å². The van der Waals surface area contributed by atoms with Gasteiger partial charge in [-0.2, -0.15) is 0 Å². The monoisotopic (exact) mass is 307 g/mol. The molecule has 0 saturated heterocycles. The molecule has 3 aromatic rings. The van der Waals surface area contributed by atoms with Crippen LogP contribution in [0.15, 0.2) is 47.2 Å². The summed E-state index contributed by atoms with van der Waals surface area (Å²) in [6.07, 6.45) is 1.28. The van der Waals surface area contributed by atoms with Gasteiger partial charge in [-0.05, 0) is 32.9 Å². The van der Waals surface area contributed by atoms with Gasteiger partial charge in [0.2, 0.25) is 0 Å². The van der Waals surface area contributed by atoms with E-state index in [4.69, 9.17) is 4.42 Å². The predicted molar refractivity (Wildman–Crippen MR) is 88.3 cm³/mol. The molecule has 116 valence electrons. The van der Waals surface area contributed by atoms with Crippen molar-refractivity contribution in [2.75, 3.05) is 5.32 Å². The Balaban J connectivity index is 1.89. The van der Waals surface area contributed by atoms with Gasteiger partial charge in [0.25, 0.3) is 5.91 Å². The summed E-state index contributed by atoms with van der Waals surface area (Å²) in [5.74, 6) is 0.157. The van der Waals surface area contributed by atoms with Crippen molar-refractivity contribution in [3.05, 3.63) is 65.4 Å². The molecule has 23 heavy (non-hydrogen) atoms. The number of hydrogen-bond acceptors (Lipinski definition) is 4. The van der Waals surface area contributed by atoms with Gasteiger partial charge in [0.15, 0.2) is 17.8 Å². The average Bonchev–Trinajstić information content (AvgIpc) is 2.96. The number of rotatable bonds is 3. The summed E-state index contributed by atoms with van der Waals surface area (Å²) in [5, 5.41) is 2.85. The fourth-order valence-corrected chi connectivity index (χ4v) is 2.41. The van der Waals surface area contributed by atoms with Crippen molar-refractivity contribution in [2.24, 2.45) is 0 Å². The lowest BCUT2D eigenvalue weighted by atomic mass is 10.1. The number of carbonyl (C=O) groups is 1. The first-order valence-electron chi connectivity index (χ1n) is 7.30. The molecule has 0 aliphatic carbocycles. The van der Waals surface area contributed by atoms with E-state index < -0.39 is 0 Å². The van der Waals surface area contributed by atoms with Gasteiger partial charge in [-0.1, -0.05) is 29.8 Å². The van der Waals surface area contributed by atoms with Crippen molar-refractivity contribution in [2.45, 2.75) is 20.8 Å². The van der Waals surface area contributed by atoms with Crippen LogP contribution >= 0.6 is 0 Å². The SMILES string of the molecule is Cc1ccc(-c2ocnc2C(=O)Nc2cc(C)nc(C)c2)cc1. The molecular weight excluding hydrogens is 290 g/mol. The van der Waals surface area contributed by atoms with Crippen molar-refractivity contribution < 1.29 is 9.21 Å². The Labute approximate surface area is 134 Å². The summed E-state index contributed by atoms with van der Waals surface area (Å²) in [6.45, 7) is 5.78. The molecule has 3 rings (SSSR count). The Morgan fingerprint density at radius 2 is 1.70 bits per heavy atom. The third-order valence-corrected chi connectivity index (χ3v) is 3.44. The van der Waals surface area contributed by atoms with E-state index in [1.807, 2.05) is 57.2 Å². The number of amides is 1. The lowest BCUT2D eigenvalue weighted by Crippen LogP contribution is -2.13. The van der Waals surface area contributed by atoms with E-state index in [0.717, 1.165) is 22.5 Å². The molecule has 0 aliphatic rings. The quantitative estimate of drug-likeness (QED) is 0.796. The number of nitrogens with one attached hydrogen (secondary N) is 1. The minimum Gasteiger partial charge on any atom is -0.443 e. The van der Waals surface area contributed by atoms with Gasteiger partial charge in [-0.15, -0.1) is 0 Å². The number of carbonyl (C=O) groups excluding carboxylic acids is 1. The molecule has 1 aromatic carbocycles. The highest BCUT2D eigenvalue weighted by Crippen LogP contribution is 2.24. The first-order valence-corrected chi connectivity index (χ1v) is 7.30. The van der Waals surface area contributed by atoms with Crippen LogP contribution in [0.4, 0.5) is 5.69 Å². The van der Waals surface area contributed by atoms with Crippen LogP contribution in [0, 0.1) is 20.8 Å². The molecule has 1 amide bonds. The van der Waals surface area contributed by atoms with Gasteiger partial charge in [0.1, 0.15) is 0 Å². The highest BCUT2D eigenvalue weighted by molar-refractivity contribution is 6.06. The molecule has 0 unspecified atom stereocenters. The summed E-state index contributed by atoms with van der Waals surface area (Å²) >= 11 is 0. The Hall–Kier alpha value is -2.95. The summed E-state index contributed by atoms with van der Waals surface area (Å²) in [7, 11) is 0. The lowest BCUT2D eigenvalue weighted by molar-refractivity contribution is 0.102. The number of oxazole rings is 1. The summed E-state index contributed by atoms with van der Waals surface area (Å²) in [4.78, 5) is 20.9. The van der Waals surface area contributed by atoms with Crippen molar-refractivity contribution in [1.82, 2.24) is 9.97 Å².